The van der Waals surface area contributed by atoms with Crippen molar-refractivity contribution in [2.75, 3.05) is 0 Å². The molecule has 0 radical (unpaired) electrons. The van der Waals surface area contributed by atoms with Gasteiger partial charge in [0.25, 0.3) is 5.96 Å². The summed E-state index contributed by atoms with van der Waals surface area (Å²) in [6, 6.07) is 0. The van der Waals surface area contributed by atoms with Crippen molar-refractivity contribution in [2.45, 2.75) is 6.17 Å². The zero-order valence-corrected chi connectivity index (χ0v) is 6.31. The Morgan fingerprint density at radius 3 is 2.83 bits per heavy atom. The molecular formula is C6H8N6. The fourth-order valence-electron chi connectivity index (χ4n) is 0.786. The standard InChI is InChI=1S/C6H8N6/c1-3-4-10-5(7)11-6(8)12(4)9-2/h3-4H,1H2,(H4,7,8,10,11). The molecule has 0 fully saturated rings. The van der Waals surface area contributed by atoms with Crippen LogP contribution in [0, 0.1) is 6.57 Å². The highest BCUT2D eigenvalue weighted by molar-refractivity contribution is 5.95. The van der Waals surface area contributed by atoms with Crippen LogP contribution in [0.15, 0.2) is 22.6 Å². The average Bonchev–Trinajstić information content (AvgIpc) is 2.03. The molecule has 0 aromatic carbocycles. The van der Waals surface area contributed by atoms with Crippen LogP contribution in [0.2, 0.25) is 0 Å². The third-order valence-electron chi connectivity index (χ3n) is 1.30. The van der Waals surface area contributed by atoms with E-state index in [4.69, 9.17) is 18.0 Å². The van der Waals surface area contributed by atoms with Crippen LogP contribution in [-0.2, 0) is 0 Å². The molecule has 1 unspecified atom stereocenters. The minimum Gasteiger partial charge on any atom is -0.368 e. The van der Waals surface area contributed by atoms with Gasteiger partial charge in [-0.2, -0.15) is 16.5 Å². The number of rotatable bonds is 1. The molecule has 62 valence electrons. The Balaban J connectivity index is 3.00. The van der Waals surface area contributed by atoms with Crippen LogP contribution in [0.25, 0.3) is 4.95 Å². The number of hydrogen-bond acceptors (Lipinski definition) is 5. The van der Waals surface area contributed by atoms with Gasteiger partial charge in [-0.3, -0.25) is 0 Å². The molecule has 1 aliphatic rings. The maximum Gasteiger partial charge on any atom is 0.273 e. The number of nitrogens with zero attached hydrogens (tertiary/aromatic N) is 4. The Morgan fingerprint density at radius 2 is 2.33 bits per heavy atom. The lowest BCUT2D eigenvalue weighted by Crippen LogP contribution is -2.43. The van der Waals surface area contributed by atoms with E-state index in [0.717, 1.165) is 5.01 Å². The largest absolute Gasteiger partial charge is 0.368 e. The zero-order valence-electron chi connectivity index (χ0n) is 6.31. The Morgan fingerprint density at radius 1 is 1.67 bits per heavy atom. The lowest BCUT2D eigenvalue weighted by Gasteiger charge is -2.17. The maximum atomic E-state index is 6.76. The predicted molar refractivity (Wildman–Crippen MR) is 45.7 cm³/mol. The second-order valence-corrected chi connectivity index (χ2v) is 2.05. The van der Waals surface area contributed by atoms with Gasteiger partial charge in [0.15, 0.2) is 0 Å². The van der Waals surface area contributed by atoms with Gasteiger partial charge in [0.2, 0.25) is 12.1 Å². The highest BCUT2D eigenvalue weighted by Gasteiger charge is 2.26. The molecule has 0 saturated carbocycles. The Hall–Kier alpha value is -2.03. The van der Waals surface area contributed by atoms with Crippen molar-refractivity contribution in [3.8, 4) is 0 Å². The number of nitrogens with two attached hydrogens (primary N) is 2. The van der Waals surface area contributed by atoms with Gasteiger partial charge in [-0.1, -0.05) is 6.58 Å². The molecule has 1 rings (SSSR count). The van der Waals surface area contributed by atoms with Crippen molar-refractivity contribution in [3.63, 3.8) is 0 Å². The summed E-state index contributed by atoms with van der Waals surface area (Å²) >= 11 is 0. The molecule has 0 aromatic rings. The van der Waals surface area contributed by atoms with Gasteiger partial charge < -0.3 is 11.5 Å². The molecule has 6 heteroatoms. The average molecular weight is 164 g/mol. The first kappa shape index (κ1) is 8.07. The second kappa shape index (κ2) is 2.92. The summed E-state index contributed by atoms with van der Waals surface area (Å²) in [5, 5.41) is 1.10. The Bertz CT molecular complexity index is 296. The summed E-state index contributed by atoms with van der Waals surface area (Å²) < 4.78 is 0. The molecule has 0 saturated heterocycles. The molecule has 4 N–H and O–H groups in total. The summed E-state index contributed by atoms with van der Waals surface area (Å²) in [5.41, 5.74) is 10.7. The number of aliphatic imine (C=N–C) groups is 2. The van der Waals surface area contributed by atoms with Gasteiger partial charge in [0.1, 0.15) is 0 Å². The van der Waals surface area contributed by atoms with Crippen molar-refractivity contribution in [3.05, 3.63) is 24.2 Å². The minimum atomic E-state index is -0.528. The molecule has 6 nitrogen and oxygen atoms in total. The molecule has 1 heterocycles. The highest BCUT2D eigenvalue weighted by Crippen LogP contribution is 2.07. The molecule has 0 amide bonds. The fraction of sp³-hybridized carbons (Fsp3) is 0.167. The van der Waals surface area contributed by atoms with Crippen molar-refractivity contribution < 1.29 is 0 Å². The first-order valence-electron chi connectivity index (χ1n) is 3.15. The van der Waals surface area contributed by atoms with E-state index in [1.807, 2.05) is 0 Å². The quantitative estimate of drug-likeness (QED) is 0.396. The predicted octanol–water partition coefficient (Wildman–Crippen LogP) is -0.722. The van der Waals surface area contributed by atoms with Crippen LogP contribution >= 0.6 is 0 Å². The van der Waals surface area contributed by atoms with Crippen LogP contribution in [-0.4, -0.2) is 23.1 Å². The monoisotopic (exact) mass is 164 g/mol. The van der Waals surface area contributed by atoms with Crippen LogP contribution in [0.5, 0.6) is 0 Å². The molecular weight excluding hydrogens is 156 g/mol. The van der Waals surface area contributed by atoms with Gasteiger partial charge in [0, 0.05) is 0 Å². The van der Waals surface area contributed by atoms with Gasteiger partial charge in [0.05, 0.1) is 0 Å². The topological polar surface area (TPSA) is 84.4 Å². The summed E-state index contributed by atoms with van der Waals surface area (Å²) in [7, 11) is 0. The van der Waals surface area contributed by atoms with Crippen LogP contribution < -0.4 is 11.5 Å². The van der Waals surface area contributed by atoms with Gasteiger partial charge >= 0.3 is 0 Å². The van der Waals surface area contributed by atoms with E-state index in [2.05, 4.69) is 21.5 Å². The molecule has 0 aromatic heterocycles. The molecule has 0 spiro atoms. The van der Waals surface area contributed by atoms with E-state index in [-0.39, 0.29) is 11.9 Å². The van der Waals surface area contributed by atoms with E-state index < -0.39 is 6.17 Å². The maximum absolute atomic E-state index is 6.76. The van der Waals surface area contributed by atoms with Crippen LogP contribution in [0.3, 0.4) is 0 Å². The van der Waals surface area contributed by atoms with E-state index in [1.165, 1.54) is 6.08 Å². The van der Waals surface area contributed by atoms with Gasteiger partial charge in [-0.25, -0.2) is 4.99 Å². The fourth-order valence-corrected chi connectivity index (χ4v) is 0.786. The smallest absolute Gasteiger partial charge is 0.273 e. The molecule has 1 aliphatic heterocycles. The third-order valence-corrected chi connectivity index (χ3v) is 1.30. The van der Waals surface area contributed by atoms with E-state index >= 15 is 0 Å². The second-order valence-electron chi connectivity index (χ2n) is 2.05. The lowest BCUT2D eigenvalue weighted by molar-refractivity contribution is 0.464. The van der Waals surface area contributed by atoms with Gasteiger partial charge in [-0.05, 0) is 11.1 Å². The normalized spacial score (nSPS) is 22.2. The summed E-state index contributed by atoms with van der Waals surface area (Å²) in [4.78, 5) is 10.6. The highest BCUT2D eigenvalue weighted by atomic mass is 15.6. The lowest BCUT2D eigenvalue weighted by atomic mass is 10.4. The Kier molecular flexibility index (Phi) is 1.96. The SMILES string of the molecule is [C-]#[N+]N1C(N)=NC(N)=NC1C=C. The molecule has 1 atom stereocenters. The number of guanidine groups is 2. The van der Waals surface area contributed by atoms with Crippen molar-refractivity contribution in [1.82, 2.24) is 5.01 Å². The van der Waals surface area contributed by atoms with E-state index in [1.54, 1.807) is 0 Å². The summed E-state index contributed by atoms with van der Waals surface area (Å²) in [5.74, 6) is 0.111. The number of hydrogen-bond donors (Lipinski definition) is 2. The Labute approximate surface area is 69.7 Å². The van der Waals surface area contributed by atoms with Gasteiger partial charge in [-0.15, -0.1) is 0 Å². The third kappa shape index (κ3) is 1.20. The van der Waals surface area contributed by atoms with E-state index in [9.17, 15) is 0 Å². The first-order chi connectivity index (χ1) is 5.69. The van der Waals surface area contributed by atoms with Crippen LogP contribution in [0.4, 0.5) is 0 Å². The van der Waals surface area contributed by atoms with Crippen molar-refractivity contribution in [2.24, 2.45) is 21.5 Å². The molecule has 0 aliphatic carbocycles. The zero-order chi connectivity index (χ0) is 9.14. The molecule has 12 heavy (non-hydrogen) atoms. The first-order valence-corrected chi connectivity index (χ1v) is 3.15. The van der Waals surface area contributed by atoms with Crippen molar-refractivity contribution >= 4 is 11.9 Å². The molecule has 0 bridgehead atoms. The summed E-state index contributed by atoms with van der Waals surface area (Å²) in [6.07, 6.45) is 0.937. The van der Waals surface area contributed by atoms with Crippen LogP contribution in [0.1, 0.15) is 0 Å². The minimum absolute atomic E-state index is 0.0439. The van der Waals surface area contributed by atoms with Crippen molar-refractivity contribution in [1.29, 1.82) is 0 Å². The summed E-state index contributed by atoms with van der Waals surface area (Å²) in [6.45, 7) is 10.3. The van der Waals surface area contributed by atoms with E-state index in [0.29, 0.717) is 0 Å².